The Morgan fingerprint density at radius 3 is 2.78 bits per heavy atom. The number of carboxylic acid groups (broad SMARTS) is 1. The van der Waals surface area contributed by atoms with Gasteiger partial charge in [-0.15, -0.1) is 0 Å². The molecule has 1 aliphatic carbocycles. The average molecular weight is 279 g/mol. The second-order valence-electron chi connectivity index (χ2n) is 5.20. The molecule has 7 heteroatoms. The first kappa shape index (κ1) is 13.7. The number of carboxylic acids is 1. The van der Waals surface area contributed by atoms with E-state index < -0.39 is 28.1 Å². The summed E-state index contributed by atoms with van der Waals surface area (Å²) in [5.74, 6) is -1.21. The molecule has 0 unspecified atom stereocenters. The summed E-state index contributed by atoms with van der Waals surface area (Å²) in [7, 11) is -3.51. The molecule has 2 rings (SSSR count). The average Bonchev–Trinajstić information content (AvgIpc) is 2.83. The first-order valence-corrected chi connectivity index (χ1v) is 7.80. The van der Waals surface area contributed by atoms with Crippen LogP contribution >= 0.6 is 0 Å². The Morgan fingerprint density at radius 2 is 2.22 bits per heavy atom. The second kappa shape index (κ2) is 4.77. The Labute approximate surface area is 106 Å². The Kier molecular flexibility index (Phi) is 3.64. The van der Waals surface area contributed by atoms with Gasteiger partial charge in [0.15, 0.2) is 0 Å². The normalized spacial score (nSPS) is 32.6. The largest absolute Gasteiger partial charge is 0.481 e. The number of hydrogen-bond donors (Lipinski definition) is 1. The number of alkyl halides is 1. The van der Waals surface area contributed by atoms with Crippen molar-refractivity contribution >= 4 is 16.0 Å². The number of halogens is 1. The van der Waals surface area contributed by atoms with E-state index >= 15 is 0 Å². The number of aliphatic carboxylic acids is 1. The maximum absolute atomic E-state index is 12.1. The lowest BCUT2D eigenvalue weighted by Gasteiger charge is -2.23. The predicted octanol–water partition coefficient (Wildman–Crippen LogP) is 0.863. The Hall–Kier alpha value is -0.690. The van der Waals surface area contributed by atoms with Crippen molar-refractivity contribution in [2.24, 2.45) is 11.3 Å². The van der Waals surface area contributed by atoms with Gasteiger partial charge in [-0.05, 0) is 25.2 Å². The monoisotopic (exact) mass is 279 g/mol. The summed E-state index contributed by atoms with van der Waals surface area (Å²) in [4.78, 5) is 11.4. The quantitative estimate of drug-likeness (QED) is 0.810. The Balaban J connectivity index is 2.14. The molecule has 0 spiro atoms. The Morgan fingerprint density at radius 1 is 1.50 bits per heavy atom. The minimum Gasteiger partial charge on any atom is -0.481 e. The van der Waals surface area contributed by atoms with E-state index in [-0.39, 0.29) is 31.2 Å². The van der Waals surface area contributed by atoms with Gasteiger partial charge in [-0.2, -0.15) is 0 Å². The standard InChI is InChI=1S/C11H18FNO4S/c12-5-2-6-18(16,17)13-7-9-3-1-4-11(9,8-13)10(14)15/h9H,1-8H2,(H,14,15)/t9-,11+/m0/s1. The lowest BCUT2D eigenvalue weighted by atomic mass is 9.81. The van der Waals surface area contributed by atoms with E-state index in [0.717, 1.165) is 12.8 Å². The van der Waals surface area contributed by atoms with E-state index in [4.69, 9.17) is 0 Å². The molecule has 1 saturated carbocycles. The summed E-state index contributed by atoms with van der Waals surface area (Å²) in [6.45, 7) is -0.330. The van der Waals surface area contributed by atoms with Gasteiger partial charge in [0.1, 0.15) is 0 Å². The van der Waals surface area contributed by atoms with Crippen molar-refractivity contribution in [1.29, 1.82) is 0 Å². The SMILES string of the molecule is O=C(O)[C@@]12CCC[C@H]1CN(S(=O)(=O)CCCF)C2. The zero-order valence-electron chi connectivity index (χ0n) is 10.1. The minimum absolute atomic E-state index is 0.0242. The number of rotatable bonds is 5. The van der Waals surface area contributed by atoms with Crippen LogP contribution in [0.15, 0.2) is 0 Å². The molecule has 0 aromatic carbocycles. The van der Waals surface area contributed by atoms with Crippen LogP contribution in [0.5, 0.6) is 0 Å². The van der Waals surface area contributed by atoms with E-state index in [1.165, 1.54) is 4.31 Å². The number of fused-ring (bicyclic) bond motifs is 1. The molecule has 5 nitrogen and oxygen atoms in total. The smallest absolute Gasteiger partial charge is 0.311 e. The number of hydrogen-bond acceptors (Lipinski definition) is 3. The third-order valence-electron chi connectivity index (χ3n) is 4.19. The number of sulfonamides is 1. The van der Waals surface area contributed by atoms with Crippen LogP contribution in [0.25, 0.3) is 0 Å². The molecular formula is C11H18FNO4S. The molecule has 1 heterocycles. The zero-order valence-corrected chi connectivity index (χ0v) is 11.0. The van der Waals surface area contributed by atoms with E-state index in [1.807, 2.05) is 0 Å². The molecule has 1 aliphatic heterocycles. The van der Waals surface area contributed by atoms with Gasteiger partial charge in [-0.1, -0.05) is 6.42 Å². The summed E-state index contributed by atoms with van der Waals surface area (Å²) in [5.41, 5.74) is -0.900. The van der Waals surface area contributed by atoms with E-state index in [1.54, 1.807) is 0 Å². The van der Waals surface area contributed by atoms with E-state index in [2.05, 4.69) is 0 Å². The molecule has 0 amide bonds. The predicted molar refractivity (Wildman–Crippen MR) is 63.4 cm³/mol. The number of carbonyl (C=O) groups is 1. The maximum Gasteiger partial charge on any atom is 0.311 e. The van der Waals surface area contributed by atoms with Crippen molar-refractivity contribution in [3.05, 3.63) is 0 Å². The summed E-state index contributed by atoms with van der Waals surface area (Å²) in [6.07, 6.45) is 2.13. The van der Waals surface area contributed by atoms with Gasteiger partial charge >= 0.3 is 5.97 Å². The summed E-state index contributed by atoms with van der Waals surface area (Å²) in [5, 5.41) is 9.35. The highest BCUT2D eigenvalue weighted by Crippen LogP contribution is 2.49. The van der Waals surface area contributed by atoms with Crippen LogP contribution in [0.2, 0.25) is 0 Å². The first-order chi connectivity index (χ1) is 8.42. The third-order valence-corrected chi connectivity index (χ3v) is 6.06. The van der Waals surface area contributed by atoms with Gasteiger partial charge in [0.25, 0.3) is 0 Å². The molecule has 2 atom stereocenters. The molecule has 0 radical (unpaired) electrons. The molecule has 0 aromatic rings. The van der Waals surface area contributed by atoms with Crippen molar-refractivity contribution in [3.63, 3.8) is 0 Å². The molecule has 104 valence electrons. The van der Waals surface area contributed by atoms with Crippen molar-refractivity contribution in [3.8, 4) is 0 Å². The van der Waals surface area contributed by atoms with Crippen LogP contribution in [0.3, 0.4) is 0 Å². The fourth-order valence-corrected chi connectivity index (χ4v) is 4.74. The van der Waals surface area contributed by atoms with Gasteiger partial charge < -0.3 is 5.11 Å². The van der Waals surface area contributed by atoms with Gasteiger partial charge in [-0.3, -0.25) is 9.18 Å². The summed E-state index contributed by atoms with van der Waals surface area (Å²) in [6, 6.07) is 0. The molecule has 18 heavy (non-hydrogen) atoms. The Bertz CT molecular complexity index is 438. The van der Waals surface area contributed by atoms with Crippen LogP contribution in [0.1, 0.15) is 25.7 Å². The number of nitrogens with zero attached hydrogens (tertiary/aromatic N) is 1. The van der Waals surface area contributed by atoms with Gasteiger partial charge in [0.2, 0.25) is 10.0 Å². The summed E-state index contributed by atoms with van der Waals surface area (Å²) < 4.78 is 37.2. The fourth-order valence-electron chi connectivity index (χ4n) is 3.17. The van der Waals surface area contributed by atoms with Crippen molar-refractivity contribution in [1.82, 2.24) is 4.31 Å². The van der Waals surface area contributed by atoms with E-state index in [9.17, 15) is 22.7 Å². The third kappa shape index (κ3) is 2.14. The lowest BCUT2D eigenvalue weighted by Crippen LogP contribution is -2.38. The zero-order chi connectivity index (χ0) is 13.4. The van der Waals surface area contributed by atoms with Crippen molar-refractivity contribution in [2.75, 3.05) is 25.5 Å². The van der Waals surface area contributed by atoms with Crippen LogP contribution in [-0.2, 0) is 14.8 Å². The maximum atomic E-state index is 12.1. The molecule has 0 aromatic heterocycles. The highest BCUT2D eigenvalue weighted by molar-refractivity contribution is 7.89. The highest BCUT2D eigenvalue weighted by Gasteiger charge is 2.56. The molecular weight excluding hydrogens is 261 g/mol. The van der Waals surface area contributed by atoms with Crippen LogP contribution in [-0.4, -0.2) is 49.3 Å². The van der Waals surface area contributed by atoms with E-state index in [0.29, 0.717) is 6.42 Å². The minimum atomic E-state index is -3.51. The van der Waals surface area contributed by atoms with Gasteiger partial charge in [0, 0.05) is 13.1 Å². The molecule has 1 saturated heterocycles. The van der Waals surface area contributed by atoms with Gasteiger partial charge in [0.05, 0.1) is 17.8 Å². The molecule has 1 N–H and O–H groups in total. The van der Waals surface area contributed by atoms with Crippen LogP contribution in [0, 0.1) is 11.3 Å². The highest BCUT2D eigenvalue weighted by atomic mass is 32.2. The topological polar surface area (TPSA) is 74.7 Å². The summed E-state index contributed by atoms with van der Waals surface area (Å²) >= 11 is 0. The molecule has 2 fully saturated rings. The first-order valence-electron chi connectivity index (χ1n) is 6.19. The molecule has 0 bridgehead atoms. The molecule has 2 aliphatic rings. The van der Waals surface area contributed by atoms with Crippen LogP contribution in [0.4, 0.5) is 4.39 Å². The van der Waals surface area contributed by atoms with Gasteiger partial charge in [-0.25, -0.2) is 12.7 Å². The van der Waals surface area contributed by atoms with Crippen LogP contribution < -0.4 is 0 Å². The second-order valence-corrected chi connectivity index (χ2v) is 7.29. The van der Waals surface area contributed by atoms with Crippen molar-refractivity contribution in [2.45, 2.75) is 25.7 Å². The lowest BCUT2D eigenvalue weighted by molar-refractivity contribution is -0.149. The van der Waals surface area contributed by atoms with Crippen molar-refractivity contribution < 1.29 is 22.7 Å². The fraction of sp³-hybridized carbons (Fsp3) is 0.909.